The molecule has 128 valence electrons. The number of fused-ring (bicyclic) bond motifs is 1. The van der Waals surface area contributed by atoms with Crippen LogP contribution in [0.15, 0.2) is 29.1 Å². The van der Waals surface area contributed by atoms with Crippen molar-refractivity contribution in [2.75, 3.05) is 12.3 Å². The van der Waals surface area contributed by atoms with Gasteiger partial charge in [0.05, 0.1) is 29.0 Å². The Morgan fingerprint density at radius 1 is 1.24 bits per heavy atom. The minimum Gasteiger partial charge on any atom is -0.462 e. The average Bonchev–Trinajstić information content (AvgIpc) is 2.83. The summed E-state index contributed by atoms with van der Waals surface area (Å²) in [5, 5.41) is 2.04. The number of carbonyl (C=O) groups excluding carboxylic acids is 3. The lowest BCUT2D eigenvalue weighted by molar-refractivity contribution is 0.0520. The van der Waals surface area contributed by atoms with Gasteiger partial charge >= 0.3 is 5.97 Å². The van der Waals surface area contributed by atoms with Crippen molar-refractivity contribution in [1.82, 2.24) is 9.88 Å². The van der Waals surface area contributed by atoms with E-state index in [4.69, 9.17) is 10.5 Å². The van der Waals surface area contributed by atoms with Crippen molar-refractivity contribution >= 4 is 23.6 Å². The summed E-state index contributed by atoms with van der Waals surface area (Å²) in [6, 6.07) is 4.24. The van der Waals surface area contributed by atoms with E-state index in [0.717, 1.165) is 22.8 Å². The average molecular weight is 345 g/mol. The minimum atomic E-state index is -0.900. The molecule has 8 nitrogen and oxygen atoms in total. The number of nitrogens with two attached hydrogens (primary N) is 1. The molecular weight excluding hydrogens is 333 g/mol. The van der Waals surface area contributed by atoms with Crippen LogP contribution >= 0.6 is 0 Å². The van der Waals surface area contributed by atoms with Crippen LogP contribution in [0.3, 0.4) is 0 Å². The molecule has 0 saturated carbocycles. The number of carbonyl (C=O) groups is 3. The van der Waals surface area contributed by atoms with Gasteiger partial charge in [-0.3, -0.25) is 24.3 Å². The van der Waals surface area contributed by atoms with Crippen molar-refractivity contribution < 1.29 is 23.5 Å². The number of nitrogens with zero attached hydrogens (tertiary/aromatic N) is 1. The SMILES string of the molecule is CCOC(=O)c1cc(-n2c(N)c3c(cc2=O)C(=O)NC3=O)ccc1F. The number of rotatable bonds is 3. The van der Waals surface area contributed by atoms with Gasteiger partial charge in [0.2, 0.25) is 0 Å². The van der Waals surface area contributed by atoms with Crippen LogP contribution in [-0.2, 0) is 4.74 Å². The van der Waals surface area contributed by atoms with Gasteiger partial charge in [-0.2, -0.15) is 0 Å². The molecule has 0 saturated heterocycles. The number of nitrogens with one attached hydrogen (secondary N) is 1. The van der Waals surface area contributed by atoms with E-state index in [0.29, 0.717) is 0 Å². The van der Waals surface area contributed by atoms with Crippen LogP contribution in [0.2, 0.25) is 0 Å². The molecule has 3 N–H and O–H groups in total. The molecule has 1 aliphatic heterocycles. The molecule has 25 heavy (non-hydrogen) atoms. The second-order valence-electron chi connectivity index (χ2n) is 5.16. The van der Waals surface area contributed by atoms with Gasteiger partial charge in [0.25, 0.3) is 17.4 Å². The molecule has 0 radical (unpaired) electrons. The molecule has 9 heteroatoms. The van der Waals surface area contributed by atoms with E-state index in [1.807, 2.05) is 5.32 Å². The molecule has 2 aromatic rings. The maximum Gasteiger partial charge on any atom is 0.341 e. The summed E-state index contributed by atoms with van der Waals surface area (Å²) in [5.41, 5.74) is 4.58. The maximum atomic E-state index is 13.9. The minimum absolute atomic E-state index is 0.0473. The van der Waals surface area contributed by atoms with Crippen LogP contribution in [0.5, 0.6) is 0 Å². The summed E-state index contributed by atoms with van der Waals surface area (Å²) < 4.78 is 19.5. The van der Waals surface area contributed by atoms with E-state index in [1.54, 1.807) is 6.92 Å². The molecule has 0 bridgehead atoms. The third-order valence-corrected chi connectivity index (χ3v) is 3.66. The number of aromatic nitrogens is 1. The van der Waals surface area contributed by atoms with Crippen molar-refractivity contribution in [1.29, 1.82) is 0 Å². The van der Waals surface area contributed by atoms with E-state index >= 15 is 0 Å². The van der Waals surface area contributed by atoms with Crippen molar-refractivity contribution in [2.24, 2.45) is 0 Å². The van der Waals surface area contributed by atoms with Crippen molar-refractivity contribution in [2.45, 2.75) is 6.92 Å². The van der Waals surface area contributed by atoms with Gasteiger partial charge in [0.15, 0.2) is 0 Å². The summed E-state index contributed by atoms with van der Waals surface area (Å²) in [6.45, 7) is 1.62. The van der Waals surface area contributed by atoms with Crippen molar-refractivity contribution in [3.8, 4) is 5.69 Å². The summed E-state index contributed by atoms with van der Waals surface area (Å²) in [5.74, 6) is -3.47. The molecular formula is C16H12FN3O5. The number of amides is 2. The first kappa shape index (κ1) is 16.4. The predicted molar refractivity (Wildman–Crippen MR) is 84.2 cm³/mol. The molecule has 0 spiro atoms. The van der Waals surface area contributed by atoms with Crippen molar-refractivity contribution in [3.63, 3.8) is 0 Å². The maximum absolute atomic E-state index is 13.9. The lowest BCUT2D eigenvalue weighted by Crippen LogP contribution is -2.24. The molecule has 0 aliphatic carbocycles. The van der Waals surface area contributed by atoms with Gasteiger partial charge in [-0.25, -0.2) is 9.18 Å². The topological polar surface area (TPSA) is 120 Å². The Labute approximate surface area is 140 Å². The number of anilines is 1. The molecule has 1 aromatic carbocycles. The second-order valence-corrected chi connectivity index (χ2v) is 5.16. The number of ether oxygens (including phenoxy) is 1. The first-order valence-electron chi connectivity index (χ1n) is 7.23. The third kappa shape index (κ3) is 2.55. The van der Waals surface area contributed by atoms with Gasteiger partial charge in [-0.15, -0.1) is 0 Å². The Hall–Kier alpha value is -3.49. The van der Waals surface area contributed by atoms with Gasteiger partial charge in [-0.05, 0) is 25.1 Å². The highest BCUT2D eigenvalue weighted by Crippen LogP contribution is 2.24. The molecule has 2 amide bonds. The standard InChI is InChI=1S/C16H12FN3O5/c1-2-25-16(24)8-5-7(3-4-10(8)17)20-11(21)6-9-12(13(20)18)15(23)19-14(9)22/h3-6H,2,18H2,1H3,(H,19,22,23). The van der Waals surface area contributed by atoms with E-state index in [-0.39, 0.29) is 34.8 Å². The number of benzene rings is 1. The Balaban J connectivity index is 2.22. The van der Waals surface area contributed by atoms with Gasteiger partial charge in [0.1, 0.15) is 11.6 Å². The summed E-state index contributed by atoms with van der Waals surface area (Å²) in [6.07, 6.45) is 0. The zero-order chi connectivity index (χ0) is 18.3. The molecule has 0 fully saturated rings. The fourth-order valence-corrected chi connectivity index (χ4v) is 2.56. The fraction of sp³-hybridized carbons (Fsp3) is 0.125. The summed E-state index contributed by atoms with van der Waals surface area (Å²) in [4.78, 5) is 47.6. The molecule has 1 aromatic heterocycles. The number of hydrogen-bond acceptors (Lipinski definition) is 6. The zero-order valence-corrected chi connectivity index (χ0v) is 13.0. The molecule has 3 rings (SSSR count). The van der Waals surface area contributed by atoms with E-state index < -0.39 is 29.2 Å². The largest absolute Gasteiger partial charge is 0.462 e. The summed E-state index contributed by atoms with van der Waals surface area (Å²) >= 11 is 0. The highest BCUT2D eigenvalue weighted by Gasteiger charge is 2.32. The second kappa shape index (κ2) is 5.86. The van der Waals surface area contributed by atoms with Crippen LogP contribution in [0.4, 0.5) is 10.2 Å². The molecule has 1 aliphatic rings. The quantitative estimate of drug-likeness (QED) is 0.621. The first-order chi connectivity index (χ1) is 11.8. The Bertz CT molecular complexity index is 996. The molecule has 2 heterocycles. The fourth-order valence-electron chi connectivity index (χ4n) is 2.56. The Kier molecular flexibility index (Phi) is 3.84. The van der Waals surface area contributed by atoms with E-state index in [2.05, 4.69) is 0 Å². The Morgan fingerprint density at radius 2 is 1.96 bits per heavy atom. The predicted octanol–water partition coefficient (Wildman–Crippen LogP) is 0.619. The normalized spacial score (nSPS) is 12.7. The van der Waals surface area contributed by atoms with Crippen molar-refractivity contribution in [3.05, 3.63) is 57.1 Å². The highest BCUT2D eigenvalue weighted by atomic mass is 19.1. The van der Waals surface area contributed by atoms with Gasteiger partial charge in [-0.1, -0.05) is 0 Å². The van der Waals surface area contributed by atoms with Crippen LogP contribution in [0.1, 0.15) is 38.0 Å². The monoisotopic (exact) mass is 345 g/mol. The zero-order valence-electron chi connectivity index (χ0n) is 13.0. The lowest BCUT2D eigenvalue weighted by atomic mass is 10.1. The first-order valence-corrected chi connectivity index (χ1v) is 7.23. The van der Waals surface area contributed by atoms with Crippen LogP contribution in [0, 0.1) is 5.82 Å². The highest BCUT2D eigenvalue weighted by molar-refractivity contribution is 6.23. The number of esters is 1. The summed E-state index contributed by atoms with van der Waals surface area (Å²) in [7, 11) is 0. The van der Waals surface area contributed by atoms with E-state index in [1.165, 1.54) is 6.07 Å². The lowest BCUT2D eigenvalue weighted by Gasteiger charge is -2.13. The van der Waals surface area contributed by atoms with Crippen LogP contribution < -0.4 is 16.6 Å². The number of imide groups is 1. The third-order valence-electron chi connectivity index (χ3n) is 3.66. The van der Waals surface area contributed by atoms with Gasteiger partial charge in [0, 0.05) is 6.07 Å². The number of hydrogen-bond donors (Lipinski definition) is 2. The Morgan fingerprint density at radius 3 is 2.64 bits per heavy atom. The molecule has 0 atom stereocenters. The number of halogens is 1. The van der Waals surface area contributed by atoms with E-state index in [9.17, 15) is 23.6 Å². The van der Waals surface area contributed by atoms with Gasteiger partial charge < -0.3 is 10.5 Å². The number of pyridine rings is 1. The van der Waals surface area contributed by atoms with Crippen LogP contribution in [0.25, 0.3) is 5.69 Å². The molecule has 0 unspecified atom stereocenters. The smallest absolute Gasteiger partial charge is 0.341 e. The van der Waals surface area contributed by atoms with Crippen LogP contribution in [-0.4, -0.2) is 29.0 Å². The number of nitrogen functional groups attached to an aromatic ring is 1.